The van der Waals surface area contributed by atoms with Crippen molar-refractivity contribution in [3.8, 4) is 5.75 Å². The highest BCUT2D eigenvalue weighted by Gasteiger charge is 2.09. The van der Waals surface area contributed by atoms with Crippen LogP contribution in [-0.2, 0) is 9.59 Å². The Labute approximate surface area is 176 Å². The average molecular weight is 428 g/mol. The number of carbonyl (C=O) groups excluding carboxylic acids is 2. The summed E-state index contributed by atoms with van der Waals surface area (Å²) in [7, 11) is 0. The summed E-state index contributed by atoms with van der Waals surface area (Å²) in [5.74, 6) is -0.534. The van der Waals surface area contributed by atoms with E-state index in [1.165, 1.54) is 23.9 Å². The SMILES string of the molecule is Cc1cc(C)nc(SCC(=O)NNC(=O)COc2ccc3c(C)cc(=O)oc3c2)n1. The largest absolute Gasteiger partial charge is 0.484 e. The molecule has 3 aromatic rings. The van der Waals surface area contributed by atoms with Crippen LogP contribution in [0.4, 0.5) is 0 Å². The minimum atomic E-state index is -0.540. The molecule has 0 fully saturated rings. The lowest BCUT2D eigenvalue weighted by Gasteiger charge is -2.09. The molecule has 0 spiro atoms. The molecule has 0 aliphatic heterocycles. The van der Waals surface area contributed by atoms with Crippen molar-refractivity contribution in [2.75, 3.05) is 12.4 Å². The summed E-state index contributed by atoms with van der Waals surface area (Å²) >= 11 is 1.17. The fraction of sp³-hybridized carbons (Fsp3) is 0.250. The Balaban J connectivity index is 1.46. The molecular weight excluding hydrogens is 408 g/mol. The van der Waals surface area contributed by atoms with Crippen molar-refractivity contribution < 1.29 is 18.7 Å². The Hall–Kier alpha value is -3.40. The third-order valence-corrected chi connectivity index (χ3v) is 4.78. The zero-order valence-electron chi connectivity index (χ0n) is 16.6. The first-order chi connectivity index (χ1) is 14.3. The van der Waals surface area contributed by atoms with Crippen LogP contribution >= 0.6 is 11.8 Å². The fourth-order valence-corrected chi connectivity index (χ4v) is 3.39. The van der Waals surface area contributed by atoms with Gasteiger partial charge in [-0.15, -0.1) is 0 Å². The van der Waals surface area contributed by atoms with Crippen LogP contribution in [-0.4, -0.2) is 34.1 Å². The quantitative estimate of drug-likeness (QED) is 0.264. The van der Waals surface area contributed by atoms with E-state index in [1.807, 2.05) is 19.9 Å². The number of rotatable bonds is 6. The zero-order valence-corrected chi connectivity index (χ0v) is 17.5. The Morgan fingerprint density at radius 3 is 2.47 bits per heavy atom. The highest BCUT2D eigenvalue weighted by Crippen LogP contribution is 2.22. The van der Waals surface area contributed by atoms with Crippen molar-refractivity contribution in [1.82, 2.24) is 20.8 Å². The Morgan fingerprint density at radius 2 is 1.73 bits per heavy atom. The van der Waals surface area contributed by atoms with E-state index in [0.29, 0.717) is 16.5 Å². The number of amides is 2. The van der Waals surface area contributed by atoms with Crippen molar-refractivity contribution in [2.24, 2.45) is 0 Å². The molecule has 0 aliphatic carbocycles. The van der Waals surface area contributed by atoms with Gasteiger partial charge in [0.15, 0.2) is 11.8 Å². The van der Waals surface area contributed by atoms with E-state index in [2.05, 4.69) is 20.8 Å². The van der Waals surface area contributed by atoms with Gasteiger partial charge in [-0.2, -0.15) is 0 Å². The first kappa shape index (κ1) is 21.3. The molecule has 2 aromatic heterocycles. The van der Waals surface area contributed by atoms with E-state index < -0.39 is 17.4 Å². The number of hydrogen-bond donors (Lipinski definition) is 2. The molecule has 156 valence electrons. The Morgan fingerprint density at radius 1 is 1.03 bits per heavy atom. The summed E-state index contributed by atoms with van der Waals surface area (Å²) in [6, 6.07) is 8.20. The first-order valence-electron chi connectivity index (χ1n) is 9.00. The number of aryl methyl sites for hydroxylation is 3. The summed E-state index contributed by atoms with van der Waals surface area (Å²) in [6.07, 6.45) is 0. The minimum absolute atomic E-state index is 0.0487. The summed E-state index contributed by atoms with van der Waals surface area (Å²) in [6.45, 7) is 5.18. The predicted octanol–water partition coefficient (Wildman–Crippen LogP) is 1.83. The van der Waals surface area contributed by atoms with Crippen LogP contribution < -0.4 is 21.2 Å². The lowest BCUT2D eigenvalue weighted by Crippen LogP contribution is -2.44. The molecule has 0 bridgehead atoms. The Bertz CT molecular complexity index is 1140. The smallest absolute Gasteiger partial charge is 0.336 e. The number of carbonyl (C=O) groups is 2. The zero-order chi connectivity index (χ0) is 21.7. The molecule has 2 N–H and O–H groups in total. The van der Waals surface area contributed by atoms with Crippen LogP contribution in [0, 0.1) is 20.8 Å². The molecule has 10 heteroatoms. The maximum atomic E-state index is 11.9. The second kappa shape index (κ2) is 9.40. The molecular formula is C20H20N4O5S. The van der Waals surface area contributed by atoms with Gasteiger partial charge in [-0.3, -0.25) is 20.4 Å². The highest BCUT2D eigenvalue weighted by atomic mass is 32.2. The van der Waals surface area contributed by atoms with Gasteiger partial charge in [0.05, 0.1) is 5.75 Å². The number of fused-ring (bicyclic) bond motifs is 1. The standard InChI is InChI=1S/C20H20N4O5S/c1-11-6-19(27)29-16-8-14(4-5-15(11)16)28-9-17(25)23-24-18(26)10-30-20-21-12(2)7-13(3)22-20/h4-8H,9-10H2,1-3H3,(H,23,25)(H,24,26). The molecule has 9 nitrogen and oxygen atoms in total. The maximum Gasteiger partial charge on any atom is 0.336 e. The van der Waals surface area contributed by atoms with Gasteiger partial charge in [0.25, 0.3) is 5.91 Å². The number of aromatic nitrogens is 2. The topological polar surface area (TPSA) is 123 Å². The minimum Gasteiger partial charge on any atom is -0.484 e. The predicted molar refractivity (Wildman–Crippen MR) is 111 cm³/mol. The molecule has 0 radical (unpaired) electrons. The maximum absolute atomic E-state index is 11.9. The fourth-order valence-electron chi connectivity index (χ4n) is 2.64. The summed E-state index contributed by atoms with van der Waals surface area (Å²) in [5.41, 5.74) is 6.93. The van der Waals surface area contributed by atoms with Crippen LogP contribution in [0.25, 0.3) is 11.0 Å². The van der Waals surface area contributed by atoms with Crippen molar-refractivity contribution in [2.45, 2.75) is 25.9 Å². The van der Waals surface area contributed by atoms with E-state index in [9.17, 15) is 14.4 Å². The number of nitrogens with one attached hydrogen (secondary N) is 2. The van der Waals surface area contributed by atoms with Crippen LogP contribution in [0.1, 0.15) is 17.0 Å². The third kappa shape index (κ3) is 5.80. The van der Waals surface area contributed by atoms with Gasteiger partial charge < -0.3 is 9.15 Å². The van der Waals surface area contributed by atoms with Gasteiger partial charge in [-0.25, -0.2) is 14.8 Å². The molecule has 0 unspecified atom stereocenters. The van der Waals surface area contributed by atoms with Gasteiger partial charge in [-0.05, 0) is 44.5 Å². The number of nitrogens with zero attached hydrogens (tertiary/aromatic N) is 2. The van der Waals surface area contributed by atoms with Crippen molar-refractivity contribution in [1.29, 1.82) is 0 Å². The Kier molecular flexibility index (Phi) is 6.68. The second-order valence-corrected chi connectivity index (χ2v) is 7.46. The summed E-state index contributed by atoms with van der Waals surface area (Å²) < 4.78 is 10.5. The van der Waals surface area contributed by atoms with E-state index in [1.54, 1.807) is 19.1 Å². The van der Waals surface area contributed by atoms with Gasteiger partial charge in [-0.1, -0.05) is 11.8 Å². The van der Waals surface area contributed by atoms with Crippen LogP contribution in [0.2, 0.25) is 0 Å². The molecule has 3 rings (SSSR count). The highest BCUT2D eigenvalue weighted by molar-refractivity contribution is 7.99. The van der Waals surface area contributed by atoms with Gasteiger partial charge in [0, 0.05) is 28.9 Å². The van der Waals surface area contributed by atoms with E-state index in [0.717, 1.165) is 22.3 Å². The van der Waals surface area contributed by atoms with Crippen LogP contribution in [0.3, 0.4) is 0 Å². The summed E-state index contributed by atoms with van der Waals surface area (Å²) in [4.78, 5) is 43.7. The molecule has 0 saturated carbocycles. The molecule has 0 atom stereocenters. The van der Waals surface area contributed by atoms with E-state index in [-0.39, 0.29) is 12.4 Å². The number of ether oxygens (including phenoxy) is 1. The molecule has 1 aromatic carbocycles. The first-order valence-corrected chi connectivity index (χ1v) is 9.99. The summed E-state index contributed by atoms with van der Waals surface area (Å²) in [5, 5.41) is 1.28. The molecule has 30 heavy (non-hydrogen) atoms. The van der Waals surface area contributed by atoms with Crippen LogP contribution in [0.5, 0.6) is 5.75 Å². The van der Waals surface area contributed by atoms with E-state index in [4.69, 9.17) is 9.15 Å². The molecule has 2 amide bonds. The van der Waals surface area contributed by atoms with Gasteiger partial charge in [0.1, 0.15) is 11.3 Å². The normalized spacial score (nSPS) is 10.6. The number of thioether (sulfide) groups is 1. The number of hydrazine groups is 1. The van der Waals surface area contributed by atoms with Crippen molar-refractivity contribution in [3.05, 3.63) is 57.7 Å². The van der Waals surface area contributed by atoms with Gasteiger partial charge in [0.2, 0.25) is 5.91 Å². The van der Waals surface area contributed by atoms with Gasteiger partial charge >= 0.3 is 5.63 Å². The van der Waals surface area contributed by atoms with E-state index >= 15 is 0 Å². The third-order valence-electron chi connectivity index (χ3n) is 3.93. The molecule has 0 saturated heterocycles. The molecule has 2 heterocycles. The monoisotopic (exact) mass is 428 g/mol. The molecule has 0 aliphatic rings. The second-order valence-electron chi connectivity index (χ2n) is 6.51. The average Bonchev–Trinajstić information content (AvgIpc) is 2.68. The van der Waals surface area contributed by atoms with Crippen molar-refractivity contribution >= 4 is 34.5 Å². The number of hydrogen-bond acceptors (Lipinski definition) is 8. The number of benzene rings is 1. The lowest BCUT2D eigenvalue weighted by molar-refractivity contribution is -0.128. The lowest BCUT2D eigenvalue weighted by atomic mass is 10.1. The van der Waals surface area contributed by atoms with Crippen LogP contribution in [0.15, 0.2) is 44.7 Å². The van der Waals surface area contributed by atoms with Crippen molar-refractivity contribution in [3.63, 3.8) is 0 Å².